The summed E-state index contributed by atoms with van der Waals surface area (Å²) in [6.45, 7) is 4.70. The molecule has 0 spiro atoms. The summed E-state index contributed by atoms with van der Waals surface area (Å²) in [7, 11) is 0. The molecule has 0 amide bonds. The Morgan fingerprint density at radius 3 is 2.75 bits per heavy atom. The van der Waals surface area contributed by atoms with Crippen LogP contribution in [0.1, 0.15) is 20.3 Å². The lowest BCUT2D eigenvalue weighted by molar-refractivity contribution is 0.281. The molecule has 0 bridgehead atoms. The summed E-state index contributed by atoms with van der Waals surface area (Å²) in [6.07, 6.45) is 6.02. The minimum Gasteiger partial charge on any atom is -0.394 e. The monoisotopic (exact) mass is 277 g/mol. The summed E-state index contributed by atoms with van der Waals surface area (Å²) in [4.78, 5) is 16.9. The molecule has 2 aromatic rings. The standard InChI is InChI=1S/C12H19N7O/c1-3-4-14-10-16-11(15-9(2)7-20)18-12(17-10)19-6-5-13-8-19/h5-6,8-9,20H,3-4,7H2,1-2H3,(H2,14,15,16,17,18). The van der Waals surface area contributed by atoms with Crippen molar-refractivity contribution in [2.45, 2.75) is 26.3 Å². The van der Waals surface area contributed by atoms with Gasteiger partial charge in [0.05, 0.1) is 6.61 Å². The number of hydrogen-bond donors (Lipinski definition) is 3. The topological polar surface area (TPSA) is 101 Å². The van der Waals surface area contributed by atoms with Crippen LogP contribution in [0, 0.1) is 0 Å². The first-order valence-corrected chi connectivity index (χ1v) is 6.58. The van der Waals surface area contributed by atoms with E-state index in [1.54, 1.807) is 23.3 Å². The molecule has 0 saturated carbocycles. The molecule has 0 aliphatic rings. The largest absolute Gasteiger partial charge is 0.394 e. The summed E-state index contributed by atoms with van der Waals surface area (Å²) >= 11 is 0. The first-order valence-electron chi connectivity index (χ1n) is 6.58. The third kappa shape index (κ3) is 3.64. The minimum absolute atomic E-state index is 0.00378. The Morgan fingerprint density at radius 1 is 1.30 bits per heavy atom. The van der Waals surface area contributed by atoms with Crippen molar-refractivity contribution in [1.82, 2.24) is 24.5 Å². The molecule has 20 heavy (non-hydrogen) atoms. The normalized spacial score (nSPS) is 12.2. The zero-order valence-electron chi connectivity index (χ0n) is 11.6. The first-order chi connectivity index (χ1) is 9.72. The number of nitrogens with zero attached hydrogens (tertiary/aromatic N) is 5. The molecule has 1 atom stereocenters. The quantitative estimate of drug-likeness (QED) is 0.683. The van der Waals surface area contributed by atoms with E-state index in [0.717, 1.165) is 13.0 Å². The zero-order chi connectivity index (χ0) is 14.4. The van der Waals surface area contributed by atoms with E-state index in [1.165, 1.54) is 0 Å². The maximum atomic E-state index is 9.10. The van der Waals surface area contributed by atoms with Crippen LogP contribution in [0.3, 0.4) is 0 Å². The van der Waals surface area contributed by atoms with Crippen molar-refractivity contribution in [1.29, 1.82) is 0 Å². The van der Waals surface area contributed by atoms with Crippen LogP contribution in [-0.4, -0.2) is 48.8 Å². The van der Waals surface area contributed by atoms with Gasteiger partial charge in [0, 0.05) is 25.0 Å². The van der Waals surface area contributed by atoms with Gasteiger partial charge in [0.25, 0.3) is 0 Å². The molecule has 2 aromatic heterocycles. The number of aliphatic hydroxyl groups is 1. The van der Waals surface area contributed by atoms with Crippen LogP contribution in [0.2, 0.25) is 0 Å². The highest BCUT2D eigenvalue weighted by molar-refractivity contribution is 5.38. The number of hydrogen-bond acceptors (Lipinski definition) is 7. The number of aromatic nitrogens is 5. The zero-order valence-corrected chi connectivity index (χ0v) is 11.6. The predicted octanol–water partition coefficient (Wildman–Crippen LogP) is 0.672. The second kappa shape index (κ2) is 6.80. The van der Waals surface area contributed by atoms with Gasteiger partial charge in [0.1, 0.15) is 6.33 Å². The van der Waals surface area contributed by atoms with Gasteiger partial charge in [-0.2, -0.15) is 15.0 Å². The lowest BCUT2D eigenvalue weighted by Gasteiger charge is -2.13. The van der Waals surface area contributed by atoms with Crippen molar-refractivity contribution in [3.8, 4) is 5.95 Å². The summed E-state index contributed by atoms with van der Waals surface area (Å²) in [6, 6.07) is -0.132. The highest BCUT2D eigenvalue weighted by atomic mass is 16.3. The molecule has 0 fully saturated rings. The Labute approximate surface area is 117 Å². The molecule has 2 rings (SSSR count). The number of rotatable bonds is 7. The van der Waals surface area contributed by atoms with Gasteiger partial charge in [0.15, 0.2) is 0 Å². The van der Waals surface area contributed by atoms with Gasteiger partial charge in [-0.1, -0.05) is 6.92 Å². The van der Waals surface area contributed by atoms with Gasteiger partial charge in [0.2, 0.25) is 17.8 Å². The SMILES string of the molecule is CCCNc1nc(NC(C)CO)nc(-n2ccnc2)n1. The lowest BCUT2D eigenvalue weighted by Crippen LogP contribution is -2.22. The van der Waals surface area contributed by atoms with Crippen molar-refractivity contribution >= 4 is 11.9 Å². The molecule has 8 nitrogen and oxygen atoms in total. The molecule has 0 aliphatic heterocycles. The van der Waals surface area contributed by atoms with E-state index in [1.807, 2.05) is 6.92 Å². The molecule has 108 valence electrons. The second-order valence-corrected chi connectivity index (χ2v) is 4.41. The van der Waals surface area contributed by atoms with E-state index in [-0.39, 0.29) is 12.6 Å². The summed E-state index contributed by atoms with van der Waals surface area (Å²) in [5.41, 5.74) is 0. The molecule has 0 aliphatic carbocycles. The summed E-state index contributed by atoms with van der Waals surface area (Å²) in [5, 5.41) is 15.3. The van der Waals surface area contributed by atoms with Crippen molar-refractivity contribution in [2.75, 3.05) is 23.8 Å². The Balaban J connectivity index is 2.28. The Hall–Kier alpha value is -2.22. The van der Waals surface area contributed by atoms with Crippen LogP contribution in [0.5, 0.6) is 0 Å². The summed E-state index contributed by atoms with van der Waals surface area (Å²) < 4.78 is 1.70. The number of aliphatic hydroxyl groups excluding tert-OH is 1. The molecular formula is C12H19N7O. The van der Waals surface area contributed by atoms with Crippen LogP contribution >= 0.6 is 0 Å². The number of anilines is 2. The van der Waals surface area contributed by atoms with Crippen LogP contribution in [0.25, 0.3) is 5.95 Å². The molecule has 8 heteroatoms. The Morgan fingerprint density at radius 2 is 2.10 bits per heavy atom. The van der Waals surface area contributed by atoms with Crippen molar-refractivity contribution in [3.05, 3.63) is 18.7 Å². The Kier molecular flexibility index (Phi) is 4.83. The van der Waals surface area contributed by atoms with Crippen LogP contribution in [0.4, 0.5) is 11.9 Å². The maximum Gasteiger partial charge on any atom is 0.241 e. The van der Waals surface area contributed by atoms with Crippen molar-refractivity contribution in [2.24, 2.45) is 0 Å². The third-order valence-electron chi connectivity index (χ3n) is 2.54. The maximum absolute atomic E-state index is 9.10. The minimum atomic E-state index is -0.132. The van der Waals surface area contributed by atoms with Crippen molar-refractivity contribution in [3.63, 3.8) is 0 Å². The number of imidazole rings is 1. The third-order valence-corrected chi connectivity index (χ3v) is 2.54. The molecule has 0 saturated heterocycles. The molecular weight excluding hydrogens is 258 g/mol. The Bertz CT molecular complexity index is 529. The van der Waals surface area contributed by atoms with Crippen LogP contribution in [0.15, 0.2) is 18.7 Å². The van der Waals surface area contributed by atoms with Gasteiger partial charge in [-0.3, -0.25) is 4.57 Å². The highest BCUT2D eigenvalue weighted by Crippen LogP contribution is 2.10. The van der Waals surface area contributed by atoms with Crippen molar-refractivity contribution < 1.29 is 5.11 Å². The molecule has 2 heterocycles. The fourth-order valence-corrected chi connectivity index (χ4v) is 1.50. The average Bonchev–Trinajstić information content (AvgIpc) is 2.99. The molecule has 3 N–H and O–H groups in total. The summed E-state index contributed by atoms with van der Waals surface area (Å²) in [5.74, 6) is 1.39. The van der Waals surface area contributed by atoms with E-state index < -0.39 is 0 Å². The van der Waals surface area contributed by atoms with E-state index in [0.29, 0.717) is 17.8 Å². The first kappa shape index (κ1) is 14.2. The smallest absolute Gasteiger partial charge is 0.241 e. The molecule has 1 unspecified atom stereocenters. The predicted molar refractivity (Wildman–Crippen MR) is 75.9 cm³/mol. The number of nitrogens with one attached hydrogen (secondary N) is 2. The van der Waals surface area contributed by atoms with Gasteiger partial charge in [-0.05, 0) is 13.3 Å². The molecule has 0 aromatic carbocycles. The van der Waals surface area contributed by atoms with E-state index in [2.05, 4.69) is 37.5 Å². The molecule has 0 radical (unpaired) electrons. The van der Waals surface area contributed by atoms with E-state index >= 15 is 0 Å². The average molecular weight is 277 g/mol. The van der Waals surface area contributed by atoms with E-state index in [9.17, 15) is 0 Å². The fraction of sp³-hybridized carbons (Fsp3) is 0.500. The van der Waals surface area contributed by atoms with Gasteiger partial charge < -0.3 is 15.7 Å². The van der Waals surface area contributed by atoms with Gasteiger partial charge in [-0.15, -0.1) is 0 Å². The second-order valence-electron chi connectivity index (χ2n) is 4.41. The van der Waals surface area contributed by atoms with Gasteiger partial charge in [-0.25, -0.2) is 4.98 Å². The van der Waals surface area contributed by atoms with Crippen LogP contribution < -0.4 is 10.6 Å². The fourth-order valence-electron chi connectivity index (χ4n) is 1.50. The van der Waals surface area contributed by atoms with Gasteiger partial charge >= 0.3 is 0 Å². The van der Waals surface area contributed by atoms with Crippen LogP contribution in [-0.2, 0) is 0 Å². The van der Waals surface area contributed by atoms with E-state index in [4.69, 9.17) is 5.11 Å². The highest BCUT2D eigenvalue weighted by Gasteiger charge is 2.09. The lowest BCUT2D eigenvalue weighted by atomic mass is 10.4.